The standard InChI is InChI=1S/C21H27N5O2S/c1-3-12-22-20(27)15-29-21-25-24-19(26(21)17-9-5-4-6-10-17)14-23-16-8-7-11-18(13-16)28-2/h1,7-8,11,13,17,23H,4-6,9-10,12,14-15H2,2H3,(H,22,27). The van der Waals surface area contributed by atoms with Crippen LogP contribution in [0.3, 0.4) is 0 Å². The highest BCUT2D eigenvalue weighted by Gasteiger charge is 2.23. The predicted molar refractivity (Wildman–Crippen MR) is 115 cm³/mol. The third kappa shape index (κ3) is 5.91. The molecule has 2 N–H and O–H groups in total. The lowest BCUT2D eigenvalue weighted by atomic mass is 9.95. The third-order valence-corrected chi connectivity index (χ3v) is 5.86. The molecule has 1 amide bonds. The highest BCUT2D eigenvalue weighted by Crippen LogP contribution is 2.33. The molecule has 1 fully saturated rings. The van der Waals surface area contributed by atoms with E-state index in [1.807, 2.05) is 24.3 Å². The van der Waals surface area contributed by atoms with Crippen LogP contribution < -0.4 is 15.4 Å². The molecule has 8 heteroatoms. The van der Waals surface area contributed by atoms with E-state index in [1.165, 1.54) is 31.0 Å². The van der Waals surface area contributed by atoms with Crippen LogP contribution in [0.25, 0.3) is 0 Å². The monoisotopic (exact) mass is 413 g/mol. The molecule has 0 aliphatic heterocycles. The van der Waals surface area contributed by atoms with Crippen molar-refractivity contribution in [2.45, 2.75) is 49.8 Å². The molecule has 154 valence electrons. The molecule has 1 aromatic heterocycles. The van der Waals surface area contributed by atoms with E-state index in [4.69, 9.17) is 11.2 Å². The van der Waals surface area contributed by atoms with E-state index in [9.17, 15) is 4.79 Å². The SMILES string of the molecule is C#CCNC(=O)CSc1nnc(CNc2cccc(OC)c2)n1C1CCCCC1. The smallest absolute Gasteiger partial charge is 0.231 e. The van der Waals surface area contributed by atoms with Crippen LogP contribution in [0.2, 0.25) is 0 Å². The van der Waals surface area contributed by atoms with Gasteiger partial charge in [0.2, 0.25) is 5.91 Å². The fraction of sp³-hybridized carbons (Fsp3) is 0.476. The fourth-order valence-corrected chi connectivity index (χ4v) is 4.33. The number of anilines is 1. The van der Waals surface area contributed by atoms with E-state index < -0.39 is 0 Å². The van der Waals surface area contributed by atoms with Crippen molar-refractivity contribution in [2.24, 2.45) is 0 Å². The number of amides is 1. The minimum Gasteiger partial charge on any atom is -0.497 e. The van der Waals surface area contributed by atoms with Gasteiger partial charge in [0.1, 0.15) is 5.75 Å². The van der Waals surface area contributed by atoms with Crippen LogP contribution in [0.1, 0.15) is 44.0 Å². The Bertz CT molecular complexity index is 855. The molecule has 3 rings (SSSR count). The molecule has 0 unspecified atom stereocenters. The van der Waals surface area contributed by atoms with E-state index in [-0.39, 0.29) is 18.2 Å². The van der Waals surface area contributed by atoms with Crippen molar-refractivity contribution in [3.63, 3.8) is 0 Å². The maximum Gasteiger partial charge on any atom is 0.231 e. The number of rotatable bonds is 9. The molecule has 29 heavy (non-hydrogen) atoms. The lowest BCUT2D eigenvalue weighted by Gasteiger charge is -2.25. The molecule has 1 aliphatic rings. The van der Waals surface area contributed by atoms with E-state index in [1.54, 1.807) is 7.11 Å². The van der Waals surface area contributed by atoms with Crippen LogP contribution in [0.5, 0.6) is 5.75 Å². The molecule has 1 aliphatic carbocycles. The van der Waals surface area contributed by atoms with Gasteiger partial charge in [-0.05, 0) is 25.0 Å². The lowest BCUT2D eigenvalue weighted by Crippen LogP contribution is -2.25. The topological polar surface area (TPSA) is 81.1 Å². The molecule has 0 saturated heterocycles. The first-order valence-electron chi connectivity index (χ1n) is 9.86. The summed E-state index contributed by atoms with van der Waals surface area (Å²) in [5, 5.41) is 15.7. The largest absolute Gasteiger partial charge is 0.497 e. The molecule has 0 atom stereocenters. The van der Waals surface area contributed by atoms with Crippen LogP contribution >= 0.6 is 11.8 Å². The van der Waals surface area contributed by atoms with Crippen LogP contribution in [0, 0.1) is 12.3 Å². The second kappa shape index (κ2) is 10.8. The summed E-state index contributed by atoms with van der Waals surface area (Å²) in [5.41, 5.74) is 0.963. The van der Waals surface area contributed by atoms with Crippen LogP contribution in [-0.4, -0.2) is 40.1 Å². The summed E-state index contributed by atoms with van der Waals surface area (Å²) in [6, 6.07) is 8.18. The first-order valence-corrected chi connectivity index (χ1v) is 10.8. The Morgan fingerprint density at radius 3 is 2.93 bits per heavy atom. The van der Waals surface area contributed by atoms with Crippen molar-refractivity contribution in [3.05, 3.63) is 30.1 Å². The average Bonchev–Trinajstić information content (AvgIpc) is 3.18. The number of hydrogen-bond donors (Lipinski definition) is 2. The number of methoxy groups -OCH3 is 1. The van der Waals surface area contributed by atoms with Gasteiger partial charge in [-0.2, -0.15) is 0 Å². The van der Waals surface area contributed by atoms with E-state index >= 15 is 0 Å². The maximum atomic E-state index is 11.9. The van der Waals surface area contributed by atoms with Gasteiger partial charge in [0.25, 0.3) is 0 Å². The van der Waals surface area contributed by atoms with Gasteiger partial charge >= 0.3 is 0 Å². The Morgan fingerprint density at radius 1 is 1.34 bits per heavy atom. The minimum atomic E-state index is -0.0952. The number of nitrogens with one attached hydrogen (secondary N) is 2. The molecule has 1 saturated carbocycles. The Balaban J connectivity index is 1.72. The van der Waals surface area contributed by atoms with Gasteiger partial charge < -0.3 is 19.9 Å². The van der Waals surface area contributed by atoms with Gasteiger partial charge in [0.05, 0.1) is 26.0 Å². The molecule has 1 heterocycles. The number of nitrogens with zero attached hydrogens (tertiary/aromatic N) is 3. The van der Waals surface area contributed by atoms with Crippen LogP contribution in [0.15, 0.2) is 29.4 Å². The van der Waals surface area contributed by atoms with E-state index in [0.717, 1.165) is 35.3 Å². The number of ether oxygens (including phenoxy) is 1. The predicted octanol–water partition coefficient (Wildman–Crippen LogP) is 3.25. The molecule has 1 aromatic carbocycles. The Labute approximate surface area is 176 Å². The second-order valence-electron chi connectivity index (χ2n) is 6.92. The Morgan fingerprint density at radius 2 is 2.17 bits per heavy atom. The van der Waals surface area contributed by atoms with Gasteiger partial charge in [-0.25, -0.2) is 0 Å². The quantitative estimate of drug-likeness (QED) is 0.485. The van der Waals surface area contributed by atoms with Gasteiger partial charge in [-0.15, -0.1) is 16.6 Å². The number of hydrogen-bond acceptors (Lipinski definition) is 6. The zero-order valence-corrected chi connectivity index (χ0v) is 17.5. The maximum absolute atomic E-state index is 11.9. The normalized spacial score (nSPS) is 14.2. The zero-order chi connectivity index (χ0) is 20.5. The summed E-state index contributed by atoms with van der Waals surface area (Å²) in [6.07, 6.45) is 11.1. The molecule has 7 nitrogen and oxygen atoms in total. The molecule has 0 spiro atoms. The van der Waals surface area contributed by atoms with Crippen LogP contribution in [0.4, 0.5) is 5.69 Å². The first-order chi connectivity index (χ1) is 14.2. The molecule has 0 bridgehead atoms. The van der Waals surface area contributed by atoms with Gasteiger partial charge in [-0.3, -0.25) is 4.79 Å². The summed E-state index contributed by atoms with van der Waals surface area (Å²) in [4.78, 5) is 11.9. The van der Waals surface area contributed by atoms with Gasteiger partial charge in [-0.1, -0.05) is 43.0 Å². The summed E-state index contributed by atoms with van der Waals surface area (Å²) in [6.45, 7) is 0.797. The summed E-state index contributed by atoms with van der Waals surface area (Å²) >= 11 is 1.41. The summed E-state index contributed by atoms with van der Waals surface area (Å²) in [7, 11) is 1.65. The summed E-state index contributed by atoms with van der Waals surface area (Å²) < 4.78 is 7.50. The zero-order valence-electron chi connectivity index (χ0n) is 16.7. The number of thioether (sulfide) groups is 1. The third-order valence-electron chi connectivity index (χ3n) is 4.92. The Hall–Kier alpha value is -2.66. The molecule has 2 aromatic rings. The summed E-state index contributed by atoms with van der Waals surface area (Å²) in [5.74, 6) is 4.28. The number of benzene rings is 1. The van der Waals surface area contributed by atoms with Crippen LogP contribution in [-0.2, 0) is 11.3 Å². The number of carbonyl (C=O) groups excluding carboxylic acids is 1. The number of aromatic nitrogens is 3. The lowest BCUT2D eigenvalue weighted by molar-refractivity contribution is -0.118. The van der Waals surface area contributed by atoms with Gasteiger partial charge in [0, 0.05) is 17.8 Å². The van der Waals surface area contributed by atoms with Crippen molar-refractivity contribution in [1.29, 1.82) is 0 Å². The van der Waals surface area contributed by atoms with Crippen molar-refractivity contribution in [2.75, 3.05) is 24.7 Å². The van der Waals surface area contributed by atoms with Crippen molar-refractivity contribution >= 4 is 23.4 Å². The highest BCUT2D eigenvalue weighted by molar-refractivity contribution is 7.99. The van der Waals surface area contributed by atoms with Crippen molar-refractivity contribution in [3.8, 4) is 18.1 Å². The molecular formula is C21H27N5O2S. The first kappa shape index (κ1) is 21.1. The Kier molecular flexibility index (Phi) is 7.82. The van der Waals surface area contributed by atoms with E-state index in [2.05, 4.69) is 31.3 Å². The van der Waals surface area contributed by atoms with E-state index in [0.29, 0.717) is 12.6 Å². The van der Waals surface area contributed by atoms with Crippen molar-refractivity contribution in [1.82, 2.24) is 20.1 Å². The highest BCUT2D eigenvalue weighted by atomic mass is 32.2. The number of carbonyl (C=O) groups is 1. The second-order valence-corrected chi connectivity index (χ2v) is 7.86. The fourth-order valence-electron chi connectivity index (χ4n) is 3.48. The minimum absolute atomic E-state index is 0.0952. The van der Waals surface area contributed by atoms with Crippen molar-refractivity contribution < 1.29 is 9.53 Å². The van der Waals surface area contributed by atoms with Gasteiger partial charge in [0.15, 0.2) is 11.0 Å². The molecule has 0 radical (unpaired) electrons. The number of terminal acetylenes is 1. The molecular weight excluding hydrogens is 386 g/mol. The average molecular weight is 414 g/mol.